The highest BCUT2D eigenvalue weighted by atomic mass is 32.2. The highest BCUT2D eigenvalue weighted by Gasteiger charge is 2.30. The summed E-state index contributed by atoms with van der Waals surface area (Å²) in [6.07, 6.45) is 1.48. The van der Waals surface area contributed by atoms with Gasteiger partial charge in [0, 0.05) is 32.8 Å². The van der Waals surface area contributed by atoms with Gasteiger partial charge in [-0.05, 0) is 31.9 Å². The maximum atomic E-state index is 12.7. The minimum Gasteiger partial charge on any atom is -0.383 e. The van der Waals surface area contributed by atoms with E-state index >= 15 is 0 Å². The molecule has 1 heterocycles. The molecule has 7 nitrogen and oxygen atoms in total. The molecule has 2 amide bonds. The van der Waals surface area contributed by atoms with Crippen molar-refractivity contribution in [1.29, 1.82) is 0 Å². The van der Waals surface area contributed by atoms with E-state index in [-0.39, 0.29) is 18.6 Å². The van der Waals surface area contributed by atoms with Crippen LogP contribution in [0.2, 0.25) is 0 Å². The third kappa shape index (κ3) is 4.93. The molecule has 0 aliphatic carbocycles. The Labute approximate surface area is 143 Å². The summed E-state index contributed by atoms with van der Waals surface area (Å²) in [6.45, 7) is 3.53. The Morgan fingerprint density at radius 3 is 2.71 bits per heavy atom. The fraction of sp³-hybridized carbons (Fsp3) is 0.562. The molecule has 24 heavy (non-hydrogen) atoms. The lowest BCUT2D eigenvalue weighted by atomic mass is 10.1. The average molecular weight is 355 g/mol. The van der Waals surface area contributed by atoms with Gasteiger partial charge in [-0.3, -0.25) is 0 Å². The van der Waals surface area contributed by atoms with Crippen molar-refractivity contribution in [3.05, 3.63) is 29.8 Å². The molecule has 1 aromatic rings. The minimum atomic E-state index is -3.53. The molecular formula is C16H25N3O4S. The number of nitrogens with one attached hydrogen (secondary N) is 2. The van der Waals surface area contributed by atoms with Gasteiger partial charge >= 0.3 is 6.03 Å². The van der Waals surface area contributed by atoms with E-state index in [0.717, 1.165) is 12.0 Å². The van der Waals surface area contributed by atoms with E-state index in [4.69, 9.17) is 4.74 Å². The normalized spacial score (nSPS) is 19.0. The van der Waals surface area contributed by atoms with Crippen LogP contribution in [-0.4, -0.2) is 58.1 Å². The Morgan fingerprint density at radius 1 is 1.33 bits per heavy atom. The first-order chi connectivity index (χ1) is 11.4. The van der Waals surface area contributed by atoms with Gasteiger partial charge in [0.05, 0.1) is 11.5 Å². The molecule has 1 aromatic carbocycles. The maximum Gasteiger partial charge on any atom is 0.315 e. The number of urea groups is 1. The SMILES string of the molecule is COCCNC(=O)NC1CCCN(S(=O)(=O)c2ccc(C)cc2)C1. The molecule has 1 aliphatic rings. The Morgan fingerprint density at radius 2 is 2.04 bits per heavy atom. The van der Waals surface area contributed by atoms with Crippen LogP contribution >= 0.6 is 0 Å². The summed E-state index contributed by atoms with van der Waals surface area (Å²) in [6, 6.07) is 6.33. The lowest BCUT2D eigenvalue weighted by Gasteiger charge is -2.32. The Hall–Kier alpha value is -1.64. The van der Waals surface area contributed by atoms with Gasteiger partial charge in [-0.25, -0.2) is 13.2 Å². The molecule has 0 spiro atoms. The predicted octanol–water partition coefficient (Wildman–Crippen LogP) is 1.09. The summed E-state index contributed by atoms with van der Waals surface area (Å²) in [4.78, 5) is 12.1. The first-order valence-corrected chi connectivity index (χ1v) is 9.47. The number of sulfonamides is 1. The lowest BCUT2D eigenvalue weighted by molar-refractivity contribution is 0.193. The van der Waals surface area contributed by atoms with E-state index in [0.29, 0.717) is 31.0 Å². The second-order valence-corrected chi connectivity index (χ2v) is 7.85. The summed E-state index contributed by atoms with van der Waals surface area (Å²) < 4.78 is 31.8. The van der Waals surface area contributed by atoms with Crippen molar-refractivity contribution in [3.8, 4) is 0 Å². The van der Waals surface area contributed by atoms with Crippen LogP contribution in [0.3, 0.4) is 0 Å². The standard InChI is InChI=1S/C16H25N3O4S/c1-13-5-7-15(8-6-13)24(21,22)19-10-3-4-14(12-19)18-16(20)17-9-11-23-2/h5-8,14H,3-4,9-12H2,1-2H3,(H2,17,18,20). The summed E-state index contributed by atoms with van der Waals surface area (Å²) in [5.41, 5.74) is 1.01. The quantitative estimate of drug-likeness (QED) is 0.748. The van der Waals surface area contributed by atoms with Crippen molar-refractivity contribution in [3.63, 3.8) is 0 Å². The van der Waals surface area contributed by atoms with Crippen molar-refractivity contribution in [1.82, 2.24) is 14.9 Å². The second kappa shape index (κ2) is 8.46. The summed E-state index contributed by atoms with van der Waals surface area (Å²) in [7, 11) is -1.96. The van der Waals surface area contributed by atoms with E-state index in [9.17, 15) is 13.2 Å². The highest BCUT2D eigenvalue weighted by Crippen LogP contribution is 2.21. The summed E-state index contributed by atoms with van der Waals surface area (Å²) in [5.74, 6) is 0. The number of ether oxygens (including phenoxy) is 1. The van der Waals surface area contributed by atoms with Crippen LogP contribution in [0.15, 0.2) is 29.2 Å². The topological polar surface area (TPSA) is 87.7 Å². The fourth-order valence-corrected chi connectivity index (χ4v) is 4.16. The molecule has 1 atom stereocenters. The van der Waals surface area contributed by atoms with Gasteiger partial charge in [0.25, 0.3) is 0 Å². The van der Waals surface area contributed by atoms with E-state index in [1.54, 1.807) is 31.4 Å². The van der Waals surface area contributed by atoms with Gasteiger partial charge in [0.2, 0.25) is 10.0 Å². The monoisotopic (exact) mass is 355 g/mol. The molecule has 1 aliphatic heterocycles. The molecule has 2 N–H and O–H groups in total. The van der Waals surface area contributed by atoms with Crippen molar-refractivity contribution < 1.29 is 17.9 Å². The molecule has 0 saturated carbocycles. The first-order valence-electron chi connectivity index (χ1n) is 8.03. The van der Waals surface area contributed by atoms with Crippen molar-refractivity contribution in [2.75, 3.05) is 33.4 Å². The van der Waals surface area contributed by atoms with Crippen LogP contribution in [0, 0.1) is 6.92 Å². The van der Waals surface area contributed by atoms with E-state index in [2.05, 4.69) is 10.6 Å². The third-order valence-electron chi connectivity index (χ3n) is 3.97. The Balaban J connectivity index is 1.97. The molecule has 0 aromatic heterocycles. The molecule has 134 valence electrons. The highest BCUT2D eigenvalue weighted by molar-refractivity contribution is 7.89. The average Bonchev–Trinajstić information content (AvgIpc) is 2.56. The number of carbonyl (C=O) groups excluding carboxylic acids is 1. The zero-order chi connectivity index (χ0) is 17.6. The number of nitrogens with zero attached hydrogens (tertiary/aromatic N) is 1. The largest absolute Gasteiger partial charge is 0.383 e. The van der Waals surface area contributed by atoms with E-state index < -0.39 is 10.0 Å². The number of carbonyl (C=O) groups is 1. The molecule has 0 bridgehead atoms. The van der Waals surface area contributed by atoms with E-state index in [1.165, 1.54) is 4.31 Å². The first kappa shape index (κ1) is 18.7. The van der Waals surface area contributed by atoms with Crippen LogP contribution < -0.4 is 10.6 Å². The van der Waals surface area contributed by atoms with Gasteiger partial charge in [0.15, 0.2) is 0 Å². The predicted molar refractivity (Wildman–Crippen MR) is 91.4 cm³/mol. The number of hydrogen-bond acceptors (Lipinski definition) is 4. The molecule has 8 heteroatoms. The maximum absolute atomic E-state index is 12.7. The Bertz CT molecular complexity index is 646. The number of methoxy groups -OCH3 is 1. The molecule has 1 saturated heterocycles. The number of aryl methyl sites for hydroxylation is 1. The smallest absolute Gasteiger partial charge is 0.315 e. The minimum absolute atomic E-state index is 0.193. The van der Waals surface area contributed by atoms with Gasteiger partial charge in [-0.2, -0.15) is 4.31 Å². The second-order valence-electron chi connectivity index (χ2n) is 5.91. The van der Waals surface area contributed by atoms with Gasteiger partial charge in [-0.15, -0.1) is 0 Å². The third-order valence-corrected chi connectivity index (χ3v) is 5.85. The van der Waals surface area contributed by atoms with Gasteiger partial charge in [-0.1, -0.05) is 17.7 Å². The van der Waals surface area contributed by atoms with E-state index in [1.807, 2.05) is 6.92 Å². The molecular weight excluding hydrogens is 330 g/mol. The number of hydrogen-bond donors (Lipinski definition) is 2. The van der Waals surface area contributed by atoms with Crippen molar-refractivity contribution in [2.45, 2.75) is 30.7 Å². The van der Waals surface area contributed by atoms with Crippen molar-refractivity contribution >= 4 is 16.1 Å². The van der Waals surface area contributed by atoms with Crippen LogP contribution in [0.25, 0.3) is 0 Å². The number of amides is 2. The van der Waals surface area contributed by atoms with Gasteiger partial charge < -0.3 is 15.4 Å². The van der Waals surface area contributed by atoms with Crippen LogP contribution in [0.4, 0.5) is 4.79 Å². The zero-order valence-corrected chi connectivity index (χ0v) is 14.9. The fourth-order valence-electron chi connectivity index (χ4n) is 2.64. The summed E-state index contributed by atoms with van der Waals surface area (Å²) in [5, 5.41) is 5.51. The zero-order valence-electron chi connectivity index (χ0n) is 14.1. The van der Waals surface area contributed by atoms with Crippen LogP contribution in [0.1, 0.15) is 18.4 Å². The lowest BCUT2D eigenvalue weighted by Crippen LogP contribution is -2.52. The molecule has 1 fully saturated rings. The molecule has 0 radical (unpaired) electrons. The number of rotatable bonds is 6. The molecule has 2 rings (SSSR count). The Kier molecular flexibility index (Phi) is 6.59. The van der Waals surface area contributed by atoms with Crippen LogP contribution in [0.5, 0.6) is 0 Å². The van der Waals surface area contributed by atoms with Crippen LogP contribution in [-0.2, 0) is 14.8 Å². The summed E-state index contributed by atoms with van der Waals surface area (Å²) >= 11 is 0. The molecule has 1 unspecified atom stereocenters. The number of piperidine rings is 1. The van der Waals surface area contributed by atoms with Gasteiger partial charge in [0.1, 0.15) is 0 Å². The number of benzene rings is 1. The van der Waals surface area contributed by atoms with Crippen molar-refractivity contribution in [2.24, 2.45) is 0 Å².